The summed E-state index contributed by atoms with van der Waals surface area (Å²) in [5, 5.41) is 4.45. The molecule has 100 valence electrons. The summed E-state index contributed by atoms with van der Waals surface area (Å²) >= 11 is 3.48. The summed E-state index contributed by atoms with van der Waals surface area (Å²) in [5.74, 6) is 0.822. The van der Waals surface area contributed by atoms with Gasteiger partial charge in [-0.25, -0.2) is 0 Å². The van der Waals surface area contributed by atoms with Crippen LogP contribution >= 0.6 is 15.9 Å². The normalized spacial score (nSPS) is 10.5. The first-order valence-corrected chi connectivity index (χ1v) is 7.01. The van der Waals surface area contributed by atoms with Crippen molar-refractivity contribution in [2.75, 3.05) is 12.4 Å². The summed E-state index contributed by atoms with van der Waals surface area (Å²) < 4.78 is 6.32. The summed E-state index contributed by atoms with van der Waals surface area (Å²) in [4.78, 5) is 4.37. The number of hydrogen-bond acceptors (Lipinski definition) is 3. The number of nitrogens with one attached hydrogen (secondary N) is 1. The Kier molecular flexibility index (Phi) is 3.56. The zero-order chi connectivity index (χ0) is 13.9. The van der Waals surface area contributed by atoms with Crippen molar-refractivity contribution in [1.82, 2.24) is 4.98 Å². The highest BCUT2D eigenvalue weighted by atomic mass is 79.9. The molecule has 0 saturated carbocycles. The molecule has 0 aliphatic heterocycles. The quantitative estimate of drug-likeness (QED) is 0.753. The van der Waals surface area contributed by atoms with E-state index < -0.39 is 0 Å². The Morgan fingerprint density at radius 2 is 2.00 bits per heavy atom. The molecule has 0 unspecified atom stereocenters. The molecule has 4 heteroatoms. The lowest BCUT2D eigenvalue weighted by molar-refractivity contribution is 0.415. The van der Waals surface area contributed by atoms with Gasteiger partial charge in [-0.3, -0.25) is 4.98 Å². The lowest BCUT2D eigenvalue weighted by Crippen LogP contribution is -1.93. The van der Waals surface area contributed by atoms with Crippen LogP contribution in [-0.2, 0) is 0 Å². The summed E-state index contributed by atoms with van der Waals surface area (Å²) in [6.07, 6.45) is 1.80. The molecule has 0 atom stereocenters. The Labute approximate surface area is 125 Å². The minimum Gasteiger partial charge on any atom is -0.497 e. The molecule has 0 aliphatic rings. The molecule has 0 radical (unpaired) electrons. The minimum atomic E-state index is 0.822. The molecule has 20 heavy (non-hydrogen) atoms. The molecule has 0 saturated heterocycles. The maximum atomic E-state index is 5.28. The van der Waals surface area contributed by atoms with Crippen LogP contribution in [0.3, 0.4) is 0 Å². The highest BCUT2D eigenvalue weighted by Crippen LogP contribution is 2.29. The largest absolute Gasteiger partial charge is 0.497 e. The van der Waals surface area contributed by atoms with E-state index in [1.165, 1.54) is 0 Å². The van der Waals surface area contributed by atoms with Crippen LogP contribution in [0.15, 0.2) is 59.2 Å². The summed E-state index contributed by atoms with van der Waals surface area (Å²) in [7, 11) is 1.67. The Morgan fingerprint density at radius 3 is 2.80 bits per heavy atom. The summed E-state index contributed by atoms with van der Waals surface area (Å²) in [6, 6.07) is 15.9. The van der Waals surface area contributed by atoms with Crippen molar-refractivity contribution in [3.63, 3.8) is 0 Å². The number of halogens is 1. The molecule has 0 bridgehead atoms. The minimum absolute atomic E-state index is 0.822. The van der Waals surface area contributed by atoms with Gasteiger partial charge in [0.05, 0.1) is 12.6 Å². The summed E-state index contributed by atoms with van der Waals surface area (Å²) in [6.45, 7) is 0. The summed E-state index contributed by atoms with van der Waals surface area (Å²) in [5.41, 5.74) is 2.97. The third-order valence-electron chi connectivity index (χ3n) is 3.05. The molecular weight excluding hydrogens is 316 g/mol. The predicted molar refractivity (Wildman–Crippen MR) is 85.7 cm³/mol. The van der Waals surface area contributed by atoms with Crippen LogP contribution < -0.4 is 10.1 Å². The van der Waals surface area contributed by atoms with Crippen molar-refractivity contribution in [2.24, 2.45) is 0 Å². The number of methoxy groups -OCH3 is 1. The van der Waals surface area contributed by atoms with E-state index in [-0.39, 0.29) is 0 Å². The number of nitrogens with zero attached hydrogens (tertiary/aromatic N) is 1. The molecule has 3 rings (SSSR count). The van der Waals surface area contributed by atoms with Crippen LogP contribution in [-0.4, -0.2) is 12.1 Å². The third-order valence-corrected chi connectivity index (χ3v) is 3.55. The van der Waals surface area contributed by atoms with Gasteiger partial charge in [-0.15, -0.1) is 0 Å². The van der Waals surface area contributed by atoms with E-state index in [1.54, 1.807) is 13.3 Å². The van der Waals surface area contributed by atoms with Crippen molar-refractivity contribution in [3.8, 4) is 5.75 Å². The molecule has 0 fully saturated rings. The molecule has 1 aromatic heterocycles. The number of pyridine rings is 1. The van der Waals surface area contributed by atoms with Gasteiger partial charge in [-0.05, 0) is 42.5 Å². The van der Waals surface area contributed by atoms with Gasteiger partial charge in [0.25, 0.3) is 0 Å². The van der Waals surface area contributed by atoms with Gasteiger partial charge in [0.2, 0.25) is 0 Å². The maximum absolute atomic E-state index is 5.28. The van der Waals surface area contributed by atoms with E-state index in [2.05, 4.69) is 26.2 Å². The molecule has 0 spiro atoms. The van der Waals surface area contributed by atoms with Gasteiger partial charge < -0.3 is 10.1 Å². The fraction of sp³-hybridized carbons (Fsp3) is 0.0625. The van der Waals surface area contributed by atoms with Crippen LogP contribution in [0.25, 0.3) is 10.9 Å². The zero-order valence-electron chi connectivity index (χ0n) is 10.9. The zero-order valence-corrected chi connectivity index (χ0v) is 12.5. The number of aromatic nitrogens is 1. The number of ether oxygens (including phenoxy) is 1. The van der Waals surface area contributed by atoms with Crippen molar-refractivity contribution < 1.29 is 4.74 Å². The van der Waals surface area contributed by atoms with Crippen LogP contribution in [0.1, 0.15) is 0 Å². The monoisotopic (exact) mass is 328 g/mol. The van der Waals surface area contributed by atoms with Gasteiger partial charge in [-0.2, -0.15) is 0 Å². The fourth-order valence-electron chi connectivity index (χ4n) is 2.08. The van der Waals surface area contributed by atoms with Crippen molar-refractivity contribution in [3.05, 3.63) is 59.2 Å². The van der Waals surface area contributed by atoms with E-state index in [0.29, 0.717) is 0 Å². The van der Waals surface area contributed by atoms with Gasteiger partial charge >= 0.3 is 0 Å². The van der Waals surface area contributed by atoms with E-state index in [9.17, 15) is 0 Å². The lowest BCUT2D eigenvalue weighted by Gasteiger charge is -2.10. The molecule has 1 heterocycles. The highest BCUT2D eigenvalue weighted by Gasteiger charge is 2.04. The predicted octanol–water partition coefficient (Wildman–Crippen LogP) is 4.75. The van der Waals surface area contributed by atoms with Crippen molar-refractivity contribution in [2.45, 2.75) is 0 Å². The molecule has 2 aromatic carbocycles. The highest BCUT2D eigenvalue weighted by molar-refractivity contribution is 9.10. The SMILES string of the molecule is COc1ccc2nccc(Nc3cccc(Br)c3)c2c1. The van der Waals surface area contributed by atoms with Crippen LogP contribution in [0.4, 0.5) is 11.4 Å². The second-order valence-electron chi connectivity index (χ2n) is 4.38. The fourth-order valence-corrected chi connectivity index (χ4v) is 2.48. The molecule has 3 aromatic rings. The van der Waals surface area contributed by atoms with Crippen molar-refractivity contribution >= 4 is 38.2 Å². The molecule has 0 aliphatic carbocycles. The maximum Gasteiger partial charge on any atom is 0.119 e. The lowest BCUT2D eigenvalue weighted by atomic mass is 10.1. The van der Waals surface area contributed by atoms with Gasteiger partial charge in [0.15, 0.2) is 0 Å². The first kappa shape index (κ1) is 12.9. The first-order chi connectivity index (χ1) is 9.76. The second kappa shape index (κ2) is 5.51. The number of fused-ring (bicyclic) bond motifs is 1. The van der Waals surface area contributed by atoms with E-state index >= 15 is 0 Å². The van der Waals surface area contributed by atoms with Gasteiger partial charge in [-0.1, -0.05) is 22.0 Å². The number of benzene rings is 2. The number of hydrogen-bond donors (Lipinski definition) is 1. The topological polar surface area (TPSA) is 34.1 Å². The molecule has 3 nitrogen and oxygen atoms in total. The Balaban J connectivity index is 2.06. The Morgan fingerprint density at radius 1 is 1.10 bits per heavy atom. The van der Waals surface area contributed by atoms with Gasteiger partial charge in [0.1, 0.15) is 5.75 Å². The Bertz CT molecular complexity index is 758. The van der Waals surface area contributed by atoms with Crippen LogP contribution in [0, 0.1) is 0 Å². The van der Waals surface area contributed by atoms with Crippen molar-refractivity contribution in [1.29, 1.82) is 0 Å². The number of rotatable bonds is 3. The third kappa shape index (κ3) is 2.60. The van der Waals surface area contributed by atoms with E-state index in [4.69, 9.17) is 4.74 Å². The molecule has 1 N–H and O–H groups in total. The Hall–Kier alpha value is -2.07. The molecular formula is C16H13BrN2O. The standard InChI is InChI=1S/C16H13BrN2O/c1-20-13-5-6-15-14(10-13)16(7-8-18-15)19-12-4-2-3-11(17)9-12/h2-10H,1H3,(H,18,19). The average molecular weight is 329 g/mol. The van der Waals surface area contributed by atoms with Crippen LogP contribution in [0.2, 0.25) is 0 Å². The second-order valence-corrected chi connectivity index (χ2v) is 5.29. The smallest absolute Gasteiger partial charge is 0.119 e. The molecule has 0 amide bonds. The number of anilines is 2. The van der Waals surface area contributed by atoms with Crippen LogP contribution in [0.5, 0.6) is 5.75 Å². The average Bonchev–Trinajstić information content (AvgIpc) is 2.47. The van der Waals surface area contributed by atoms with E-state index in [1.807, 2.05) is 48.5 Å². The van der Waals surface area contributed by atoms with E-state index in [0.717, 1.165) is 32.5 Å². The first-order valence-electron chi connectivity index (χ1n) is 6.21. The van der Waals surface area contributed by atoms with Gasteiger partial charge in [0, 0.05) is 27.4 Å².